The van der Waals surface area contributed by atoms with E-state index in [0.29, 0.717) is 24.5 Å². The van der Waals surface area contributed by atoms with E-state index in [1.54, 1.807) is 0 Å². The van der Waals surface area contributed by atoms with Gasteiger partial charge in [0.25, 0.3) is 0 Å². The van der Waals surface area contributed by atoms with Crippen molar-refractivity contribution in [2.75, 3.05) is 26.2 Å². The normalized spacial score (nSPS) is 25.0. The van der Waals surface area contributed by atoms with Crippen molar-refractivity contribution in [3.8, 4) is 0 Å². The lowest BCUT2D eigenvalue weighted by Crippen LogP contribution is -2.38. The highest BCUT2D eigenvalue weighted by Crippen LogP contribution is 2.18. The maximum atomic E-state index is 11.4. The molecule has 0 aromatic rings. The van der Waals surface area contributed by atoms with Gasteiger partial charge in [-0.25, -0.2) is 0 Å². The van der Waals surface area contributed by atoms with Gasteiger partial charge < -0.3 is 15.4 Å². The fraction of sp³-hybridized carbons (Fsp3) is 0.917. The molecule has 1 saturated heterocycles. The average Bonchev–Trinajstić information content (AvgIpc) is 2.61. The van der Waals surface area contributed by atoms with Gasteiger partial charge in [-0.15, -0.1) is 0 Å². The number of carbonyl (C=O) groups excluding carboxylic acids is 1. The van der Waals surface area contributed by atoms with Crippen LogP contribution in [0, 0.1) is 11.8 Å². The molecule has 1 aliphatic heterocycles. The number of hydrogen-bond acceptors (Lipinski definition) is 3. The van der Waals surface area contributed by atoms with Crippen LogP contribution in [-0.4, -0.2) is 38.3 Å². The predicted octanol–water partition coefficient (Wildman–Crippen LogP) is 0.773. The molecule has 2 N–H and O–H groups in total. The molecule has 0 bridgehead atoms. The summed E-state index contributed by atoms with van der Waals surface area (Å²) in [6.07, 6.45) is 1.42. The molecule has 0 aromatic heterocycles. The van der Waals surface area contributed by atoms with Gasteiger partial charge in [-0.3, -0.25) is 4.79 Å². The summed E-state index contributed by atoms with van der Waals surface area (Å²) in [5, 5.41) is 6.08. The highest BCUT2D eigenvalue weighted by molar-refractivity contribution is 5.77. The van der Waals surface area contributed by atoms with Crippen molar-refractivity contribution in [2.24, 2.45) is 11.8 Å². The highest BCUT2D eigenvalue weighted by atomic mass is 16.5. The zero-order valence-corrected chi connectivity index (χ0v) is 10.6. The van der Waals surface area contributed by atoms with Crippen LogP contribution in [0.15, 0.2) is 0 Å². The van der Waals surface area contributed by atoms with E-state index in [1.807, 2.05) is 0 Å². The third-order valence-corrected chi connectivity index (χ3v) is 2.93. The molecule has 1 fully saturated rings. The summed E-state index contributed by atoms with van der Waals surface area (Å²) in [5.41, 5.74) is 0. The van der Waals surface area contributed by atoms with E-state index in [-0.39, 0.29) is 5.91 Å². The van der Waals surface area contributed by atoms with Gasteiger partial charge in [-0.05, 0) is 25.2 Å². The first-order valence-electron chi connectivity index (χ1n) is 6.18. The van der Waals surface area contributed by atoms with Crippen LogP contribution >= 0.6 is 0 Å². The van der Waals surface area contributed by atoms with Crippen molar-refractivity contribution in [1.82, 2.24) is 10.6 Å². The van der Waals surface area contributed by atoms with E-state index in [0.717, 1.165) is 26.1 Å². The Hall–Kier alpha value is -0.610. The third-order valence-electron chi connectivity index (χ3n) is 2.93. The van der Waals surface area contributed by atoms with E-state index < -0.39 is 0 Å². The third kappa shape index (κ3) is 4.94. The van der Waals surface area contributed by atoms with Gasteiger partial charge in [0.1, 0.15) is 0 Å². The molecule has 0 aliphatic carbocycles. The van der Waals surface area contributed by atoms with E-state index in [2.05, 4.69) is 31.4 Å². The van der Waals surface area contributed by atoms with Crippen molar-refractivity contribution >= 4 is 5.91 Å². The molecule has 4 heteroatoms. The zero-order chi connectivity index (χ0) is 12.0. The molecule has 94 valence electrons. The summed E-state index contributed by atoms with van der Waals surface area (Å²) < 4.78 is 5.46. The first-order valence-corrected chi connectivity index (χ1v) is 6.18. The first-order chi connectivity index (χ1) is 7.59. The van der Waals surface area contributed by atoms with Crippen molar-refractivity contribution in [3.05, 3.63) is 0 Å². The van der Waals surface area contributed by atoms with Gasteiger partial charge in [0.05, 0.1) is 12.6 Å². The molecular weight excluding hydrogens is 204 g/mol. The Morgan fingerprint density at radius 3 is 2.81 bits per heavy atom. The monoisotopic (exact) mass is 228 g/mol. The second kappa shape index (κ2) is 6.86. The number of nitrogens with one attached hydrogen (secondary N) is 2. The quantitative estimate of drug-likeness (QED) is 0.706. The second-order valence-electron chi connectivity index (χ2n) is 4.95. The summed E-state index contributed by atoms with van der Waals surface area (Å²) in [4.78, 5) is 11.4. The van der Waals surface area contributed by atoms with Crippen molar-refractivity contribution in [2.45, 2.75) is 33.3 Å². The smallest absolute Gasteiger partial charge is 0.233 e. The molecule has 0 saturated carbocycles. The van der Waals surface area contributed by atoms with Gasteiger partial charge >= 0.3 is 0 Å². The highest BCUT2D eigenvalue weighted by Gasteiger charge is 2.23. The number of hydrogen-bond donors (Lipinski definition) is 2. The molecule has 16 heavy (non-hydrogen) atoms. The minimum atomic E-state index is 0.0836. The molecule has 1 heterocycles. The van der Waals surface area contributed by atoms with Crippen LogP contribution in [0.25, 0.3) is 0 Å². The molecule has 2 unspecified atom stereocenters. The summed E-state index contributed by atoms with van der Waals surface area (Å²) in [6, 6.07) is 0. The van der Waals surface area contributed by atoms with E-state index >= 15 is 0 Å². The van der Waals surface area contributed by atoms with Crippen molar-refractivity contribution in [3.63, 3.8) is 0 Å². The van der Waals surface area contributed by atoms with Gasteiger partial charge in [0, 0.05) is 19.7 Å². The van der Waals surface area contributed by atoms with Crippen molar-refractivity contribution < 1.29 is 9.53 Å². The summed E-state index contributed by atoms with van der Waals surface area (Å²) >= 11 is 0. The fourth-order valence-corrected chi connectivity index (χ4v) is 1.80. The molecule has 1 amide bonds. The molecule has 1 rings (SSSR count). The lowest BCUT2D eigenvalue weighted by atomic mass is 10.0. The minimum Gasteiger partial charge on any atom is -0.378 e. The SMILES string of the molecule is CC(C)CNC(=O)CNCC1CCOC1C. The Labute approximate surface area is 98.1 Å². The van der Waals surface area contributed by atoms with Gasteiger partial charge in [-0.1, -0.05) is 13.8 Å². The van der Waals surface area contributed by atoms with Gasteiger partial charge in [0.15, 0.2) is 0 Å². The topological polar surface area (TPSA) is 50.4 Å². The largest absolute Gasteiger partial charge is 0.378 e. The fourth-order valence-electron chi connectivity index (χ4n) is 1.80. The molecular formula is C12H24N2O2. The standard InChI is InChI=1S/C12H24N2O2/c1-9(2)6-14-12(15)8-13-7-11-4-5-16-10(11)3/h9-11,13H,4-8H2,1-3H3,(H,14,15). The minimum absolute atomic E-state index is 0.0836. The Morgan fingerprint density at radius 2 is 2.25 bits per heavy atom. The number of amides is 1. The Bertz CT molecular complexity index is 219. The van der Waals surface area contributed by atoms with E-state index in [9.17, 15) is 4.79 Å². The van der Waals surface area contributed by atoms with Crippen LogP contribution in [0.2, 0.25) is 0 Å². The van der Waals surface area contributed by atoms with Crippen molar-refractivity contribution in [1.29, 1.82) is 0 Å². The molecule has 0 spiro atoms. The number of carbonyl (C=O) groups is 1. The predicted molar refractivity (Wildman–Crippen MR) is 64.2 cm³/mol. The second-order valence-corrected chi connectivity index (χ2v) is 4.95. The number of rotatable bonds is 6. The Morgan fingerprint density at radius 1 is 1.50 bits per heavy atom. The molecule has 0 aromatic carbocycles. The van der Waals surface area contributed by atoms with Crippen LogP contribution in [0.5, 0.6) is 0 Å². The first kappa shape index (κ1) is 13.5. The van der Waals surface area contributed by atoms with Crippen LogP contribution in [-0.2, 0) is 9.53 Å². The average molecular weight is 228 g/mol. The summed E-state index contributed by atoms with van der Waals surface area (Å²) in [5.74, 6) is 1.14. The Balaban J connectivity index is 2.04. The van der Waals surface area contributed by atoms with Crippen LogP contribution in [0.3, 0.4) is 0 Å². The molecule has 0 radical (unpaired) electrons. The molecule has 2 atom stereocenters. The lowest BCUT2D eigenvalue weighted by Gasteiger charge is -2.14. The lowest BCUT2D eigenvalue weighted by molar-refractivity contribution is -0.120. The number of ether oxygens (including phenoxy) is 1. The van der Waals surface area contributed by atoms with Gasteiger partial charge in [0.2, 0.25) is 5.91 Å². The van der Waals surface area contributed by atoms with Crippen LogP contribution < -0.4 is 10.6 Å². The maximum absolute atomic E-state index is 11.4. The van der Waals surface area contributed by atoms with Crippen LogP contribution in [0.4, 0.5) is 0 Å². The van der Waals surface area contributed by atoms with Crippen LogP contribution in [0.1, 0.15) is 27.2 Å². The molecule has 1 aliphatic rings. The van der Waals surface area contributed by atoms with Gasteiger partial charge in [-0.2, -0.15) is 0 Å². The summed E-state index contributed by atoms with van der Waals surface area (Å²) in [6.45, 7) is 9.16. The van der Waals surface area contributed by atoms with E-state index in [1.165, 1.54) is 0 Å². The summed E-state index contributed by atoms with van der Waals surface area (Å²) in [7, 11) is 0. The molecule has 4 nitrogen and oxygen atoms in total. The zero-order valence-electron chi connectivity index (χ0n) is 10.6. The maximum Gasteiger partial charge on any atom is 0.233 e. The van der Waals surface area contributed by atoms with E-state index in [4.69, 9.17) is 4.74 Å². The Kier molecular flexibility index (Phi) is 5.77.